The van der Waals surface area contributed by atoms with E-state index >= 15 is 0 Å². The van der Waals surface area contributed by atoms with Gasteiger partial charge >= 0.3 is 0 Å². The Hall–Kier alpha value is -2.42. The zero-order valence-corrected chi connectivity index (χ0v) is 15.3. The monoisotopic (exact) mass is 368 g/mol. The number of nitrogens with zero attached hydrogens (tertiary/aromatic N) is 5. The molecule has 0 aromatic carbocycles. The second-order valence-electron chi connectivity index (χ2n) is 6.10. The summed E-state index contributed by atoms with van der Waals surface area (Å²) in [5.41, 5.74) is 0.920. The smallest absolute Gasteiger partial charge is 0.150 e. The van der Waals surface area contributed by atoms with Gasteiger partial charge in [-0.2, -0.15) is 0 Å². The Balaban J connectivity index is 1.44. The molecule has 1 saturated heterocycles. The van der Waals surface area contributed by atoms with Crippen LogP contribution in [-0.4, -0.2) is 44.5 Å². The summed E-state index contributed by atoms with van der Waals surface area (Å²) in [4.78, 5) is 21.0. The van der Waals surface area contributed by atoms with Crippen molar-refractivity contribution in [2.45, 2.75) is 19.6 Å². The molecule has 0 bridgehead atoms. The first kappa shape index (κ1) is 17.0. The van der Waals surface area contributed by atoms with Crippen LogP contribution in [0.1, 0.15) is 21.7 Å². The van der Waals surface area contributed by atoms with E-state index in [1.807, 2.05) is 31.3 Å². The van der Waals surface area contributed by atoms with E-state index in [1.165, 1.54) is 4.88 Å². The van der Waals surface area contributed by atoms with Gasteiger partial charge < -0.3 is 10.1 Å². The molecule has 0 saturated carbocycles. The number of morpholine rings is 1. The highest BCUT2D eigenvalue weighted by atomic mass is 32.1. The summed E-state index contributed by atoms with van der Waals surface area (Å²) < 4.78 is 5.97. The van der Waals surface area contributed by atoms with Crippen LogP contribution < -0.4 is 5.32 Å². The van der Waals surface area contributed by atoms with Gasteiger partial charge in [-0.3, -0.25) is 9.88 Å². The number of rotatable bonds is 5. The standard InChI is InChI=1S/C18H20N6OS/c1-13-21-9-14(26-13)11-24-7-8-25-16(12-24)15-3-2-4-17(22-15)23-18-10-19-5-6-20-18/h2-6,9-10,16H,7-8,11-12H2,1H3,(H,20,22,23)/t16-/m0/s1. The third kappa shape index (κ3) is 4.21. The fourth-order valence-electron chi connectivity index (χ4n) is 2.92. The molecule has 0 radical (unpaired) electrons. The number of ether oxygens (including phenoxy) is 1. The summed E-state index contributed by atoms with van der Waals surface area (Å²) >= 11 is 1.75. The number of aromatic nitrogens is 4. The van der Waals surface area contributed by atoms with Crippen LogP contribution in [0.4, 0.5) is 11.6 Å². The third-order valence-corrected chi connectivity index (χ3v) is 5.02. The van der Waals surface area contributed by atoms with Crippen molar-refractivity contribution in [2.75, 3.05) is 25.0 Å². The molecule has 1 aliphatic heterocycles. The molecular weight excluding hydrogens is 348 g/mol. The van der Waals surface area contributed by atoms with Gasteiger partial charge in [0.05, 0.1) is 23.5 Å². The van der Waals surface area contributed by atoms with Crippen LogP contribution in [0.3, 0.4) is 0 Å². The first-order valence-electron chi connectivity index (χ1n) is 8.51. The minimum Gasteiger partial charge on any atom is -0.369 e. The lowest BCUT2D eigenvalue weighted by atomic mass is 10.2. The van der Waals surface area contributed by atoms with E-state index in [1.54, 1.807) is 29.9 Å². The molecular formula is C18H20N6OS. The summed E-state index contributed by atoms with van der Waals surface area (Å²) in [7, 11) is 0. The molecule has 7 nitrogen and oxygen atoms in total. The van der Waals surface area contributed by atoms with Crippen LogP contribution in [0.25, 0.3) is 0 Å². The zero-order chi connectivity index (χ0) is 17.8. The molecule has 26 heavy (non-hydrogen) atoms. The Morgan fingerprint density at radius 1 is 1.23 bits per heavy atom. The third-order valence-electron chi connectivity index (χ3n) is 4.12. The van der Waals surface area contributed by atoms with E-state index < -0.39 is 0 Å². The van der Waals surface area contributed by atoms with Crippen LogP contribution in [0, 0.1) is 6.92 Å². The summed E-state index contributed by atoms with van der Waals surface area (Å²) in [6, 6.07) is 5.90. The molecule has 8 heteroatoms. The Kier molecular flexibility index (Phi) is 5.14. The summed E-state index contributed by atoms with van der Waals surface area (Å²) in [5, 5.41) is 4.28. The predicted molar refractivity (Wildman–Crippen MR) is 100 cm³/mol. The Morgan fingerprint density at radius 3 is 3.00 bits per heavy atom. The van der Waals surface area contributed by atoms with Crippen LogP contribution in [0.2, 0.25) is 0 Å². The molecule has 1 N–H and O–H groups in total. The quantitative estimate of drug-likeness (QED) is 0.742. The number of hydrogen-bond acceptors (Lipinski definition) is 8. The lowest BCUT2D eigenvalue weighted by Crippen LogP contribution is -2.37. The summed E-state index contributed by atoms with van der Waals surface area (Å²) in [6.07, 6.45) is 6.89. The fraction of sp³-hybridized carbons (Fsp3) is 0.333. The molecule has 0 spiro atoms. The van der Waals surface area contributed by atoms with Crippen molar-refractivity contribution in [3.63, 3.8) is 0 Å². The molecule has 0 unspecified atom stereocenters. The molecule has 1 atom stereocenters. The maximum absolute atomic E-state index is 5.97. The Labute approximate surface area is 156 Å². The molecule has 1 aliphatic rings. The van der Waals surface area contributed by atoms with Gasteiger partial charge in [0.25, 0.3) is 0 Å². The Bertz CT molecular complexity index is 856. The number of anilines is 2. The molecule has 0 amide bonds. The number of pyridine rings is 1. The van der Waals surface area contributed by atoms with Gasteiger partial charge in [-0.15, -0.1) is 11.3 Å². The normalized spacial score (nSPS) is 18.0. The highest BCUT2D eigenvalue weighted by molar-refractivity contribution is 7.11. The van der Waals surface area contributed by atoms with Crippen molar-refractivity contribution < 1.29 is 4.74 Å². The second-order valence-corrected chi connectivity index (χ2v) is 7.42. The van der Waals surface area contributed by atoms with E-state index in [0.29, 0.717) is 12.4 Å². The van der Waals surface area contributed by atoms with Crippen LogP contribution in [0.5, 0.6) is 0 Å². The number of thiazole rings is 1. The minimum atomic E-state index is -0.0404. The number of nitrogens with one attached hydrogen (secondary N) is 1. The van der Waals surface area contributed by atoms with E-state index in [9.17, 15) is 0 Å². The van der Waals surface area contributed by atoms with Crippen LogP contribution >= 0.6 is 11.3 Å². The van der Waals surface area contributed by atoms with Gasteiger partial charge in [-0.1, -0.05) is 6.07 Å². The van der Waals surface area contributed by atoms with E-state index in [2.05, 4.69) is 25.2 Å². The van der Waals surface area contributed by atoms with Gasteiger partial charge in [0.2, 0.25) is 0 Å². The van der Waals surface area contributed by atoms with Gasteiger partial charge in [-0.25, -0.2) is 15.0 Å². The Morgan fingerprint density at radius 2 is 2.19 bits per heavy atom. The summed E-state index contributed by atoms with van der Waals surface area (Å²) in [6.45, 7) is 5.38. The topological polar surface area (TPSA) is 76.1 Å². The number of hydrogen-bond donors (Lipinski definition) is 1. The maximum Gasteiger partial charge on any atom is 0.150 e. The first-order valence-corrected chi connectivity index (χ1v) is 9.33. The second kappa shape index (κ2) is 7.86. The molecule has 4 heterocycles. The van der Waals surface area contributed by atoms with Crippen molar-refractivity contribution in [3.8, 4) is 0 Å². The first-order chi connectivity index (χ1) is 12.8. The maximum atomic E-state index is 5.97. The predicted octanol–water partition coefficient (Wildman–Crippen LogP) is 2.95. The van der Waals surface area contributed by atoms with Crippen molar-refractivity contribution in [1.82, 2.24) is 24.8 Å². The van der Waals surface area contributed by atoms with E-state index in [4.69, 9.17) is 9.72 Å². The molecule has 1 fully saturated rings. The van der Waals surface area contributed by atoms with Gasteiger partial charge in [0.15, 0.2) is 0 Å². The van der Waals surface area contributed by atoms with Gasteiger partial charge in [0.1, 0.15) is 17.7 Å². The summed E-state index contributed by atoms with van der Waals surface area (Å²) in [5.74, 6) is 1.41. The van der Waals surface area contributed by atoms with Gasteiger partial charge in [0, 0.05) is 43.1 Å². The lowest BCUT2D eigenvalue weighted by Gasteiger charge is -2.32. The van der Waals surface area contributed by atoms with Crippen molar-refractivity contribution in [2.24, 2.45) is 0 Å². The average Bonchev–Trinajstić information content (AvgIpc) is 3.08. The van der Waals surface area contributed by atoms with Crippen LogP contribution in [0.15, 0.2) is 43.0 Å². The molecule has 0 aliphatic carbocycles. The van der Waals surface area contributed by atoms with Crippen LogP contribution in [-0.2, 0) is 11.3 Å². The van der Waals surface area contributed by atoms with E-state index in [0.717, 1.165) is 36.2 Å². The number of aryl methyl sites for hydroxylation is 1. The molecule has 3 aromatic heterocycles. The fourth-order valence-corrected chi connectivity index (χ4v) is 3.76. The largest absolute Gasteiger partial charge is 0.369 e. The van der Waals surface area contributed by atoms with E-state index in [-0.39, 0.29) is 6.10 Å². The average molecular weight is 368 g/mol. The van der Waals surface area contributed by atoms with Crippen molar-refractivity contribution in [3.05, 3.63) is 58.6 Å². The molecule has 134 valence electrons. The highest BCUT2D eigenvalue weighted by Crippen LogP contribution is 2.24. The SMILES string of the molecule is Cc1ncc(CN2CCO[C@H](c3cccc(Nc4cnccn4)n3)C2)s1. The van der Waals surface area contributed by atoms with Gasteiger partial charge in [-0.05, 0) is 19.1 Å². The van der Waals surface area contributed by atoms with Crippen molar-refractivity contribution >= 4 is 23.0 Å². The zero-order valence-electron chi connectivity index (χ0n) is 14.5. The molecule has 4 rings (SSSR count). The highest BCUT2D eigenvalue weighted by Gasteiger charge is 2.23. The lowest BCUT2D eigenvalue weighted by molar-refractivity contribution is -0.0346. The minimum absolute atomic E-state index is 0.0404. The van der Waals surface area contributed by atoms with Crippen molar-refractivity contribution in [1.29, 1.82) is 0 Å². The molecule has 3 aromatic rings.